The van der Waals surface area contributed by atoms with Crippen LogP contribution in [-0.4, -0.2) is 47.0 Å². The summed E-state index contributed by atoms with van der Waals surface area (Å²) in [5.41, 5.74) is 5.70. The van der Waals surface area contributed by atoms with E-state index in [1.54, 1.807) is 0 Å². The molecule has 2 rings (SSSR count). The van der Waals surface area contributed by atoms with Gasteiger partial charge in [-0.1, -0.05) is 12.8 Å². The van der Waals surface area contributed by atoms with Crippen molar-refractivity contribution < 1.29 is 14.8 Å². The van der Waals surface area contributed by atoms with Crippen molar-refractivity contribution >= 4 is 13.5 Å². The first-order valence-electron chi connectivity index (χ1n) is 6.89. The van der Waals surface area contributed by atoms with Gasteiger partial charge in [-0.25, -0.2) is 0 Å². The van der Waals surface area contributed by atoms with Crippen molar-refractivity contribution in [3.05, 3.63) is 0 Å². The number of carbonyl (C=O) groups excluding carboxylic acids is 1. The fraction of sp³-hybridized carbons (Fsp3) is 0.917. The minimum Gasteiger partial charge on any atom is -0.426 e. The molecule has 1 amide bonds. The Morgan fingerprint density at radius 2 is 1.89 bits per heavy atom. The normalized spacial score (nSPS) is 25.6. The van der Waals surface area contributed by atoms with Gasteiger partial charge in [-0.05, 0) is 38.5 Å². The SMILES string of the molecule is CC(N)C1CCCC1.O=CN1CCCC1B(O)O. The van der Waals surface area contributed by atoms with E-state index in [9.17, 15) is 4.79 Å². The van der Waals surface area contributed by atoms with Gasteiger partial charge < -0.3 is 20.7 Å². The van der Waals surface area contributed by atoms with E-state index < -0.39 is 7.12 Å². The number of likely N-dealkylation sites (tertiary alicyclic amines) is 1. The monoisotopic (exact) mass is 256 g/mol. The molecule has 1 aliphatic carbocycles. The van der Waals surface area contributed by atoms with Gasteiger partial charge in [-0.2, -0.15) is 0 Å². The Morgan fingerprint density at radius 1 is 1.28 bits per heavy atom. The van der Waals surface area contributed by atoms with Crippen molar-refractivity contribution in [1.29, 1.82) is 0 Å². The molecule has 0 bridgehead atoms. The third-order valence-electron chi connectivity index (χ3n) is 3.97. The summed E-state index contributed by atoms with van der Waals surface area (Å²) < 4.78 is 0. The van der Waals surface area contributed by atoms with E-state index in [-0.39, 0.29) is 5.94 Å². The Kier molecular flexibility index (Phi) is 6.67. The van der Waals surface area contributed by atoms with E-state index in [0.29, 0.717) is 25.4 Å². The molecular formula is C12H25BN2O3. The molecule has 1 aliphatic heterocycles. The maximum atomic E-state index is 10.2. The molecule has 6 heteroatoms. The zero-order valence-corrected chi connectivity index (χ0v) is 11.2. The average molecular weight is 256 g/mol. The fourth-order valence-electron chi connectivity index (χ4n) is 2.75. The van der Waals surface area contributed by atoms with E-state index >= 15 is 0 Å². The minimum absolute atomic E-state index is 0.377. The lowest BCUT2D eigenvalue weighted by molar-refractivity contribution is -0.118. The van der Waals surface area contributed by atoms with Crippen LogP contribution in [0.15, 0.2) is 0 Å². The summed E-state index contributed by atoms with van der Waals surface area (Å²) in [5, 5.41) is 17.4. The molecule has 0 aromatic heterocycles. The first-order chi connectivity index (χ1) is 8.56. The van der Waals surface area contributed by atoms with E-state index in [4.69, 9.17) is 15.8 Å². The Hall–Kier alpha value is -0.585. The number of hydrogen-bond acceptors (Lipinski definition) is 4. The molecule has 2 aliphatic rings. The van der Waals surface area contributed by atoms with Gasteiger partial charge in [0.2, 0.25) is 6.41 Å². The predicted octanol–water partition coefficient (Wildman–Crippen LogP) is 0.143. The van der Waals surface area contributed by atoms with Crippen LogP contribution in [-0.2, 0) is 4.79 Å². The Bertz CT molecular complexity index is 245. The van der Waals surface area contributed by atoms with Crippen molar-refractivity contribution in [3.63, 3.8) is 0 Å². The second kappa shape index (κ2) is 7.76. The fourth-order valence-corrected chi connectivity index (χ4v) is 2.75. The molecule has 5 nitrogen and oxygen atoms in total. The number of hydrogen-bond donors (Lipinski definition) is 3. The molecule has 1 saturated heterocycles. The molecule has 2 atom stereocenters. The lowest BCUT2D eigenvalue weighted by Gasteiger charge is -2.17. The molecule has 1 saturated carbocycles. The largest absolute Gasteiger partial charge is 0.475 e. The van der Waals surface area contributed by atoms with Gasteiger partial charge in [0.1, 0.15) is 0 Å². The van der Waals surface area contributed by atoms with Gasteiger partial charge in [-0.15, -0.1) is 0 Å². The average Bonchev–Trinajstić information content (AvgIpc) is 3.01. The summed E-state index contributed by atoms with van der Waals surface area (Å²) in [4.78, 5) is 11.6. The third-order valence-corrected chi connectivity index (χ3v) is 3.97. The van der Waals surface area contributed by atoms with Crippen LogP contribution in [0.5, 0.6) is 0 Å². The molecule has 104 valence electrons. The highest BCUT2D eigenvalue weighted by atomic mass is 16.4. The summed E-state index contributed by atoms with van der Waals surface area (Å²) in [7, 11) is -1.38. The van der Waals surface area contributed by atoms with Crippen LogP contribution in [0.3, 0.4) is 0 Å². The van der Waals surface area contributed by atoms with Crippen LogP contribution in [0.1, 0.15) is 45.4 Å². The maximum Gasteiger partial charge on any atom is 0.475 e. The van der Waals surface area contributed by atoms with Crippen LogP contribution in [0.4, 0.5) is 0 Å². The first-order valence-corrected chi connectivity index (χ1v) is 6.89. The number of rotatable bonds is 3. The molecule has 1 heterocycles. The Balaban J connectivity index is 0.000000184. The van der Waals surface area contributed by atoms with Gasteiger partial charge in [0.05, 0.1) is 5.94 Å². The summed E-state index contributed by atoms with van der Waals surface area (Å²) in [6.07, 6.45) is 7.78. The lowest BCUT2D eigenvalue weighted by Crippen LogP contribution is -2.41. The lowest BCUT2D eigenvalue weighted by atomic mass is 9.78. The van der Waals surface area contributed by atoms with Crippen molar-refractivity contribution in [2.45, 2.75) is 57.4 Å². The third kappa shape index (κ3) is 4.59. The summed E-state index contributed by atoms with van der Waals surface area (Å²) >= 11 is 0. The molecule has 18 heavy (non-hydrogen) atoms. The van der Waals surface area contributed by atoms with Crippen LogP contribution in [0, 0.1) is 5.92 Å². The zero-order chi connectivity index (χ0) is 13.5. The van der Waals surface area contributed by atoms with E-state index in [1.807, 2.05) is 0 Å². The second-order valence-corrected chi connectivity index (χ2v) is 5.37. The number of amides is 1. The van der Waals surface area contributed by atoms with E-state index in [2.05, 4.69) is 6.92 Å². The smallest absolute Gasteiger partial charge is 0.426 e. The number of nitrogens with zero attached hydrogens (tertiary/aromatic N) is 1. The Labute approximate surface area is 109 Å². The summed E-state index contributed by atoms with van der Waals surface area (Å²) in [6, 6.07) is 0.442. The molecule has 0 radical (unpaired) electrons. The van der Waals surface area contributed by atoms with Crippen molar-refractivity contribution in [2.75, 3.05) is 6.54 Å². The topological polar surface area (TPSA) is 86.8 Å². The molecule has 0 spiro atoms. The van der Waals surface area contributed by atoms with E-state index in [0.717, 1.165) is 12.3 Å². The summed E-state index contributed by atoms with van der Waals surface area (Å²) in [5.74, 6) is 0.465. The quantitative estimate of drug-likeness (QED) is 0.495. The van der Waals surface area contributed by atoms with Crippen LogP contribution in [0.25, 0.3) is 0 Å². The minimum atomic E-state index is -1.38. The number of carbonyl (C=O) groups is 1. The molecule has 2 fully saturated rings. The number of nitrogens with two attached hydrogens (primary N) is 1. The highest BCUT2D eigenvalue weighted by molar-refractivity contribution is 6.43. The van der Waals surface area contributed by atoms with Gasteiger partial charge in [0.15, 0.2) is 0 Å². The van der Waals surface area contributed by atoms with Gasteiger partial charge in [0, 0.05) is 12.6 Å². The zero-order valence-electron chi connectivity index (χ0n) is 11.2. The van der Waals surface area contributed by atoms with Crippen LogP contribution < -0.4 is 5.73 Å². The highest BCUT2D eigenvalue weighted by Crippen LogP contribution is 2.26. The van der Waals surface area contributed by atoms with Crippen LogP contribution >= 0.6 is 0 Å². The van der Waals surface area contributed by atoms with Crippen molar-refractivity contribution in [2.24, 2.45) is 11.7 Å². The van der Waals surface area contributed by atoms with E-state index in [1.165, 1.54) is 30.6 Å². The van der Waals surface area contributed by atoms with Gasteiger partial charge in [0.25, 0.3) is 0 Å². The van der Waals surface area contributed by atoms with Crippen molar-refractivity contribution in [3.8, 4) is 0 Å². The maximum absolute atomic E-state index is 10.2. The molecule has 0 aromatic rings. The van der Waals surface area contributed by atoms with Gasteiger partial charge in [-0.3, -0.25) is 4.79 Å². The summed E-state index contributed by atoms with van der Waals surface area (Å²) in [6.45, 7) is 2.77. The van der Waals surface area contributed by atoms with Crippen LogP contribution in [0.2, 0.25) is 0 Å². The highest BCUT2D eigenvalue weighted by Gasteiger charge is 2.32. The predicted molar refractivity (Wildman–Crippen MR) is 71.6 cm³/mol. The molecule has 2 unspecified atom stereocenters. The first kappa shape index (κ1) is 15.5. The van der Waals surface area contributed by atoms with Gasteiger partial charge >= 0.3 is 7.12 Å². The van der Waals surface area contributed by atoms with Crippen molar-refractivity contribution in [1.82, 2.24) is 4.90 Å². The Morgan fingerprint density at radius 3 is 2.22 bits per heavy atom. The molecular weight excluding hydrogens is 231 g/mol. The standard InChI is InChI=1S/C7H15N.C5H10BNO3/c1-6(8)7-4-2-3-5-7;8-4-7-3-1-2-5(7)6(9)10/h6-7H,2-5,8H2,1H3;4-5,9-10H,1-3H2. The molecule has 4 N–H and O–H groups in total. The molecule has 0 aromatic carbocycles. The second-order valence-electron chi connectivity index (χ2n) is 5.37.